The molecule has 1 aliphatic heterocycles. The Bertz CT molecular complexity index is 921. The fourth-order valence-electron chi connectivity index (χ4n) is 2.51. The van der Waals surface area contributed by atoms with Crippen molar-refractivity contribution in [1.29, 1.82) is 0 Å². The number of imide groups is 1. The second-order valence-corrected chi connectivity index (χ2v) is 6.69. The van der Waals surface area contributed by atoms with Gasteiger partial charge >= 0.3 is 5.97 Å². The molecule has 3 rings (SSSR count). The first kappa shape index (κ1) is 19.5. The van der Waals surface area contributed by atoms with E-state index < -0.39 is 18.5 Å². The molecule has 2 aromatic carbocycles. The summed E-state index contributed by atoms with van der Waals surface area (Å²) in [7, 11) is 0. The minimum absolute atomic E-state index is 0.304. The minimum atomic E-state index is -1.06. The monoisotopic (exact) mass is 399 g/mol. The highest BCUT2D eigenvalue weighted by atomic mass is 32.2. The summed E-state index contributed by atoms with van der Waals surface area (Å²) in [5.74, 6) is -0.390. The normalized spacial score (nSPS) is 15.2. The minimum Gasteiger partial charge on any atom is -0.494 e. The SMILES string of the molecule is CCOc1ccc(N2C(=O)S/C(=C/c3ccc(OCC(=O)O)cc3)C2=O)cc1. The first-order chi connectivity index (χ1) is 13.5. The molecule has 144 valence electrons. The van der Waals surface area contributed by atoms with Crippen LogP contribution in [0.2, 0.25) is 0 Å². The predicted octanol–water partition coefficient (Wildman–Crippen LogP) is 3.79. The first-order valence-electron chi connectivity index (χ1n) is 8.43. The van der Waals surface area contributed by atoms with Gasteiger partial charge in [-0.15, -0.1) is 0 Å². The summed E-state index contributed by atoms with van der Waals surface area (Å²) >= 11 is 0.863. The molecule has 1 aliphatic rings. The van der Waals surface area contributed by atoms with Crippen LogP contribution in [-0.4, -0.2) is 35.4 Å². The lowest BCUT2D eigenvalue weighted by Gasteiger charge is -2.13. The molecule has 7 nitrogen and oxygen atoms in total. The van der Waals surface area contributed by atoms with Crippen molar-refractivity contribution in [2.75, 3.05) is 18.1 Å². The molecule has 28 heavy (non-hydrogen) atoms. The van der Waals surface area contributed by atoms with E-state index in [0.717, 1.165) is 16.7 Å². The Morgan fingerprint density at radius 1 is 1.04 bits per heavy atom. The fourth-order valence-corrected chi connectivity index (χ4v) is 3.35. The lowest BCUT2D eigenvalue weighted by molar-refractivity contribution is -0.139. The van der Waals surface area contributed by atoms with E-state index in [1.807, 2.05) is 6.92 Å². The molecule has 1 saturated heterocycles. The Morgan fingerprint density at radius 3 is 2.25 bits per heavy atom. The molecular formula is C20H17NO6S. The van der Waals surface area contributed by atoms with Crippen LogP contribution in [0.3, 0.4) is 0 Å². The average Bonchev–Trinajstić information content (AvgIpc) is 2.95. The number of rotatable bonds is 7. The topological polar surface area (TPSA) is 93.1 Å². The van der Waals surface area contributed by atoms with E-state index in [2.05, 4.69) is 0 Å². The average molecular weight is 399 g/mol. The number of nitrogens with zero attached hydrogens (tertiary/aromatic N) is 1. The van der Waals surface area contributed by atoms with Crippen LogP contribution in [0.1, 0.15) is 12.5 Å². The number of anilines is 1. The Labute approximate surface area is 165 Å². The third-order valence-corrected chi connectivity index (χ3v) is 4.61. The molecule has 0 spiro atoms. The molecule has 2 aromatic rings. The van der Waals surface area contributed by atoms with Crippen molar-refractivity contribution >= 4 is 40.6 Å². The number of aliphatic carboxylic acids is 1. The van der Waals surface area contributed by atoms with Crippen LogP contribution >= 0.6 is 11.8 Å². The van der Waals surface area contributed by atoms with Gasteiger partial charge in [0.05, 0.1) is 17.2 Å². The standard InChI is InChI=1S/C20H17NO6S/c1-2-26-15-9-5-14(6-10-15)21-19(24)17(28-20(21)25)11-13-3-7-16(8-4-13)27-12-18(22)23/h3-11H,2,12H2,1H3,(H,22,23)/b17-11+. The number of hydrogen-bond acceptors (Lipinski definition) is 6. The quantitative estimate of drug-likeness (QED) is 0.708. The van der Waals surface area contributed by atoms with Gasteiger partial charge in [0.25, 0.3) is 11.1 Å². The van der Waals surface area contributed by atoms with Gasteiger partial charge in [-0.2, -0.15) is 0 Å². The summed E-state index contributed by atoms with van der Waals surface area (Å²) < 4.78 is 10.4. The van der Waals surface area contributed by atoms with Crippen molar-refractivity contribution < 1.29 is 29.0 Å². The number of carbonyl (C=O) groups excluding carboxylic acids is 2. The van der Waals surface area contributed by atoms with Crippen molar-refractivity contribution in [2.45, 2.75) is 6.92 Å². The fraction of sp³-hybridized carbons (Fsp3) is 0.150. The zero-order chi connectivity index (χ0) is 20.1. The first-order valence-corrected chi connectivity index (χ1v) is 9.25. The highest BCUT2D eigenvalue weighted by Crippen LogP contribution is 2.36. The van der Waals surface area contributed by atoms with Crippen LogP contribution in [0.5, 0.6) is 11.5 Å². The van der Waals surface area contributed by atoms with Crippen LogP contribution < -0.4 is 14.4 Å². The Balaban J connectivity index is 1.74. The molecule has 0 aromatic heterocycles. The van der Waals surface area contributed by atoms with Crippen molar-refractivity contribution in [2.24, 2.45) is 0 Å². The van der Waals surface area contributed by atoms with E-state index in [1.54, 1.807) is 54.6 Å². The smallest absolute Gasteiger partial charge is 0.341 e. The van der Waals surface area contributed by atoms with Gasteiger partial charge in [0.15, 0.2) is 6.61 Å². The Hall–Kier alpha value is -3.26. The van der Waals surface area contributed by atoms with Crippen LogP contribution in [0.4, 0.5) is 10.5 Å². The van der Waals surface area contributed by atoms with Gasteiger partial charge in [0.1, 0.15) is 11.5 Å². The van der Waals surface area contributed by atoms with E-state index in [9.17, 15) is 14.4 Å². The van der Waals surface area contributed by atoms with E-state index in [-0.39, 0.29) is 5.24 Å². The van der Waals surface area contributed by atoms with Gasteiger partial charge in [0, 0.05) is 0 Å². The van der Waals surface area contributed by atoms with Gasteiger partial charge in [-0.05, 0) is 66.7 Å². The number of carbonyl (C=O) groups is 3. The van der Waals surface area contributed by atoms with Crippen molar-refractivity contribution in [3.8, 4) is 11.5 Å². The number of benzene rings is 2. The molecule has 0 aliphatic carbocycles. The maximum atomic E-state index is 12.7. The van der Waals surface area contributed by atoms with Crippen LogP contribution in [0.25, 0.3) is 6.08 Å². The van der Waals surface area contributed by atoms with Gasteiger partial charge in [-0.3, -0.25) is 9.59 Å². The third-order valence-electron chi connectivity index (χ3n) is 3.74. The van der Waals surface area contributed by atoms with Crippen molar-refractivity contribution in [3.05, 3.63) is 59.0 Å². The lowest BCUT2D eigenvalue weighted by atomic mass is 10.2. The van der Waals surface area contributed by atoms with Crippen LogP contribution in [-0.2, 0) is 9.59 Å². The van der Waals surface area contributed by atoms with Gasteiger partial charge in [0.2, 0.25) is 0 Å². The summed E-state index contributed by atoms with van der Waals surface area (Å²) in [6.45, 7) is 1.98. The zero-order valence-corrected chi connectivity index (χ0v) is 15.8. The van der Waals surface area contributed by atoms with Crippen LogP contribution in [0.15, 0.2) is 53.4 Å². The molecule has 0 bridgehead atoms. The van der Waals surface area contributed by atoms with Gasteiger partial charge in [-0.1, -0.05) is 12.1 Å². The van der Waals surface area contributed by atoms with Gasteiger partial charge < -0.3 is 14.6 Å². The summed E-state index contributed by atoms with van der Waals surface area (Å²) in [4.78, 5) is 36.9. The van der Waals surface area contributed by atoms with Crippen LogP contribution in [0, 0.1) is 0 Å². The number of hydrogen-bond donors (Lipinski definition) is 1. The van der Waals surface area contributed by atoms with Gasteiger partial charge in [-0.25, -0.2) is 9.69 Å². The van der Waals surface area contributed by atoms with Crippen molar-refractivity contribution in [3.63, 3.8) is 0 Å². The summed E-state index contributed by atoms with van der Waals surface area (Å²) in [6, 6.07) is 13.3. The molecule has 1 N–H and O–H groups in total. The maximum absolute atomic E-state index is 12.7. The Kier molecular flexibility index (Phi) is 6.00. The number of ether oxygens (including phenoxy) is 2. The predicted molar refractivity (Wildman–Crippen MR) is 106 cm³/mol. The summed E-state index contributed by atoms with van der Waals surface area (Å²) in [5, 5.41) is 8.24. The number of amides is 2. The largest absolute Gasteiger partial charge is 0.494 e. The Morgan fingerprint density at radius 2 is 1.64 bits per heavy atom. The summed E-state index contributed by atoms with van der Waals surface area (Å²) in [6.07, 6.45) is 1.61. The van der Waals surface area contributed by atoms with E-state index in [4.69, 9.17) is 14.6 Å². The highest BCUT2D eigenvalue weighted by Gasteiger charge is 2.36. The number of carboxylic acid groups (broad SMARTS) is 1. The van der Waals surface area contributed by atoms with E-state index in [1.165, 1.54) is 0 Å². The molecule has 1 heterocycles. The van der Waals surface area contributed by atoms with Crippen molar-refractivity contribution in [1.82, 2.24) is 0 Å². The van der Waals surface area contributed by atoms with E-state index in [0.29, 0.717) is 34.3 Å². The zero-order valence-electron chi connectivity index (χ0n) is 15.0. The number of thioether (sulfide) groups is 1. The highest BCUT2D eigenvalue weighted by molar-refractivity contribution is 8.19. The second-order valence-electron chi connectivity index (χ2n) is 5.70. The molecule has 8 heteroatoms. The molecular weight excluding hydrogens is 382 g/mol. The second kappa shape index (κ2) is 8.62. The lowest BCUT2D eigenvalue weighted by Crippen LogP contribution is -2.27. The molecule has 0 saturated carbocycles. The van der Waals surface area contributed by atoms with E-state index >= 15 is 0 Å². The molecule has 1 fully saturated rings. The molecule has 0 unspecified atom stereocenters. The summed E-state index contributed by atoms with van der Waals surface area (Å²) in [5.41, 5.74) is 1.17. The molecule has 0 atom stereocenters. The molecule has 2 amide bonds. The maximum Gasteiger partial charge on any atom is 0.341 e. The molecule has 0 radical (unpaired) electrons. The third kappa shape index (κ3) is 4.52. The number of carboxylic acids is 1.